The van der Waals surface area contributed by atoms with E-state index in [1.807, 2.05) is 11.7 Å². The molecule has 0 aliphatic carbocycles. The first-order valence-electron chi connectivity index (χ1n) is 6.60. The fourth-order valence-corrected chi connectivity index (χ4v) is 2.14. The molecule has 1 aliphatic heterocycles. The van der Waals surface area contributed by atoms with E-state index < -0.39 is 0 Å². The largest absolute Gasteiger partial charge is 0.350 e. The molecule has 0 saturated carbocycles. The van der Waals surface area contributed by atoms with Gasteiger partial charge in [-0.25, -0.2) is 4.98 Å². The lowest BCUT2D eigenvalue weighted by Gasteiger charge is -2.19. The van der Waals surface area contributed by atoms with Crippen LogP contribution in [0.2, 0.25) is 0 Å². The van der Waals surface area contributed by atoms with Gasteiger partial charge in [0.25, 0.3) is 0 Å². The number of aromatic nitrogens is 3. The topological polar surface area (TPSA) is 61.2 Å². The van der Waals surface area contributed by atoms with Crippen molar-refractivity contribution in [1.29, 1.82) is 0 Å². The molecule has 0 spiro atoms. The average Bonchev–Trinajstić information content (AvgIpc) is 3.01. The summed E-state index contributed by atoms with van der Waals surface area (Å²) in [5.74, 6) is 1.02. The SMILES string of the molecule is CCCn1ncnc1CC(CC1OCCO1)NC. The molecule has 2 heterocycles. The molecule has 1 fully saturated rings. The molecule has 1 aromatic heterocycles. The molecule has 1 aliphatic rings. The predicted octanol–water partition coefficient (Wildman–Crippen LogP) is 0.582. The molecule has 1 aromatic rings. The Morgan fingerprint density at radius 2 is 2.28 bits per heavy atom. The van der Waals surface area contributed by atoms with Crippen LogP contribution in [0.1, 0.15) is 25.6 Å². The molecule has 102 valence electrons. The summed E-state index contributed by atoms with van der Waals surface area (Å²) in [7, 11) is 1.96. The minimum absolute atomic E-state index is 0.0787. The number of hydrogen-bond acceptors (Lipinski definition) is 5. The van der Waals surface area contributed by atoms with Crippen molar-refractivity contribution in [2.75, 3.05) is 20.3 Å². The molecule has 18 heavy (non-hydrogen) atoms. The zero-order valence-corrected chi connectivity index (χ0v) is 11.1. The normalized spacial score (nSPS) is 18.3. The first kappa shape index (κ1) is 13.5. The van der Waals surface area contributed by atoms with Crippen LogP contribution < -0.4 is 5.32 Å². The minimum atomic E-state index is -0.0787. The maximum atomic E-state index is 5.48. The molecular weight excluding hydrogens is 232 g/mol. The van der Waals surface area contributed by atoms with Gasteiger partial charge in [-0.2, -0.15) is 5.10 Å². The van der Waals surface area contributed by atoms with Crippen LogP contribution in [0.25, 0.3) is 0 Å². The van der Waals surface area contributed by atoms with Crippen molar-refractivity contribution < 1.29 is 9.47 Å². The van der Waals surface area contributed by atoms with Gasteiger partial charge in [-0.1, -0.05) is 6.92 Å². The van der Waals surface area contributed by atoms with Crippen LogP contribution in [0, 0.1) is 0 Å². The van der Waals surface area contributed by atoms with Crippen LogP contribution in [-0.2, 0) is 22.4 Å². The van der Waals surface area contributed by atoms with Gasteiger partial charge in [0.2, 0.25) is 0 Å². The first-order valence-corrected chi connectivity index (χ1v) is 6.60. The van der Waals surface area contributed by atoms with Crippen molar-refractivity contribution in [2.24, 2.45) is 0 Å². The standard InChI is InChI=1S/C12H22N4O2/c1-3-4-16-11(14-9-15-16)7-10(13-2)8-12-17-5-6-18-12/h9-10,12-13H,3-8H2,1-2H3. The smallest absolute Gasteiger partial charge is 0.159 e. The molecule has 0 amide bonds. The van der Waals surface area contributed by atoms with E-state index >= 15 is 0 Å². The molecule has 1 unspecified atom stereocenters. The van der Waals surface area contributed by atoms with E-state index in [4.69, 9.17) is 9.47 Å². The number of likely N-dealkylation sites (N-methyl/N-ethyl adjacent to an activating group) is 1. The first-order chi connectivity index (χ1) is 8.83. The Morgan fingerprint density at radius 1 is 1.50 bits per heavy atom. The third-order valence-electron chi connectivity index (χ3n) is 3.14. The Morgan fingerprint density at radius 3 is 2.94 bits per heavy atom. The Hall–Kier alpha value is -0.980. The quantitative estimate of drug-likeness (QED) is 0.771. The van der Waals surface area contributed by atoms with E-state index in [1.165, 1.54) is 0 Å². The lowest BCUT2D eigenvalue weighted by atomic mass is 10.1. The van der Waals surface area contributed by atoms with Gasteiger partial charge in [0.15, 0.2) is 6.29 Å². The lowest BCUT2D eigenvalue weighted by molar-refractivity contribution is -0.0524. The highest BCUT2D eigenvalue weighted by Crippen LogP contribution is 2.13. The Labute approximate surface area is 108 Å². The number of nitrogens with zero attached hydrogens (tertiary/aromatic N) is 3. The molecule has 6 nitrogen and oxygen atoms in total. The molecule has 1 atom stereocenters. The second kappa shape index (κ2) is 6.82. The zero-order valence-electron chi connectivity index (χ0n) is 11.1. The van der Waals surface area contributed by atoms with Gasteiger partial charge >= 0.3 is 0 Å². The lowest BCUT2D eigenvalue weighted by Crippen LogP contribution is -2.33. The number of aryl methyl sites for hydroxylation is 1. The summed E-state index contributed by atoms with van der Waals surface area (Å²) in [4.78, 5) is 4.33. The van der Waals surface area contributed by atoms with Gasteiger partial charge in [-0.3, -0.25) is 4.68 Å². The fourth-order valence-electron chi connectivity index (χ4n) is 2.14. The van der Waals surface area contributed by atoms with Crippen LogP contribution in [0.5, 0.6) is 0 Å². The monoisotopic (exact) mass is 254 g/mol. The molecular formula is C12H22N4O2. The molecule has 0 bridgehead atoms. The van der Waals surface area contributed by atoms with Gasteiger partial charge < -0.3 is 14.8 Å². The average molecular weight is 254 g/mol. The third kappa shape index (κ3) is 3.51. The van der Waals surface area contributed by atoms with E-state index in [9.17, 15) is 0 Å². The van der Waals surface area contributed by atoms with Gasteiger partial charge in [0.05, 0.1) is 13.2 Å². The number of ether oxygens (including phenoxy) is 2. The van der Waals surface area contributed by atoms with Gasteiger partial charge in [-0.05, 0) is 13.5 Å². The Balaban J connectivity index is 1.89. The van der Waals surface area contributed by atoms with Gasteiger partial charge in [-0.15, -0.1) is 0 Å². The minimum Gasteiger partial charge on any atom is -0.350 e. The summed E-state index contributed by atoms with van der Waals surface area (Å²) in [5.41, 5.74) is 0. The maximum absolute atomic E-state index is 5.48. The van der Waals surface area contributed by atoms with E-state index in [-0.39, 0.29) is 6.29 Å². The van der Waals surface area contributed by atoms with Crippen LogP contribution in [-0.4, -0.2) is 47.4 Å². The number of rotatable bonds is 7. The molecule has 0 aromatic carbocycles. The van der Waals surface area contributed by atoms with Crippen molar-refractivity contribution in [3.8, 4) is 0 Å². The van der Waals surface area contributed by atoms with Gasteiger partial charge in [0, 0.05) is 25.4 Å². The maximum Gasteiger partial charge on any atom is 0.159 e. The summed E-state index contributed by atoms with van der Waals surface area (Å²) in [6, 6.07) is 0.299. The van der Waals surface area contributed by atoms with Crippen molar-refractivity contribution in [3.05, 3.63) is 12.2 Å². The van der Waals surface area contributed by atoms with Crippen molar-refractivity contribution in [3.63, 3.8) is 0 Å². The van der Waals surface area contributed by atoms with Crippen molar-refractivity contribution in [1.82, 2.24) is 20.1 Å². The van der Waals surface area contributed by atoms with E-state index in [1.54, 1.807) is 6.33 Å². The summed E-state index contributed by atoms with van der Waals surface area (Å²) in [6.45, 7) is 4.46. The predicted molar refractivity (Wildman–Crippen MR) is 67.2 cm³/mol. The second-order valence-corrected chi connectivity index (χ2v) is 4.50. The molecule has 1 saturated heterocycles. The number of hydrogen-bond donors (Lipinski definition) is 1. The van der Waals surface area contributed by atoms with Crippen molar-refractivity contribution in [2.45, 2.75) is 45.1 Å². The zero-order chi connectivity index (χ0) is 12.8. The summed E-state index contributed by atoms with van der Waals surface area (Å²) < 4.78 is 12.9. The Bertz CT molecular complexity index is 350. The summed E-state index contributed by atoms with van der Waals surface area (Å²) >= 11 is 0. The number of nitrogens with one attached hydrogen (secondary N) is 1. The highest BCUT2D eigenvalue weighted by molar-refractivity contribution is 4.90. The van der Waals surface area contributed by atoms with E-state index in [2.05, 4.69) is 22.3 Å². The van der Waals surface area contributed by atoms with Gasteiger partial charge in [0.1, 0.15) is 12.2 Å². The van der Waals surface area contributed by atoms with Crippen LogP contribution >= 0.6 is 0 Å². The highest BCUT2D eigenvalue weighted by atomic mass is 16.7. The molecule has 1 N–H and O–H groups in total. The van der Waals surface area contributed by atoms with E-state index in [0.717, 1.165) is 31.6 Å². The van der Waals surface area contributed by atoms with E-state index in [0.29, 0.717) is 19.3 Å². The molecule has 2 rings (SSSR count). The summed E-state index contributed by atoms with van der Waals surface area (Å²) in [5, 5.41) is 7.54. The fraction of sp³-hybridized carbons (Fsp3) is 0.833. The summed E-state index contributed by atoms with van der Waals surface area (Å²) in [6.07, 6.45) is 4.30. The van der Waals surface area contributed by atoms with Crippen LogP contribution in [0.3, 0.4) is 0 Å². The van der Waals surface area contributed by atoms with Crippen LogP contribution in [0.4, 0.5) is 0 Å². The second-order valence-electron chi connectivity index (χ2n) is 4.50. The molecule has 0 radical (unpaired) electrons. The van der Waals surface area contributed by atoms with Crippen LogP contribution in [0.15, 0.2) is 6.33 Å². The third-order valence-corrected chi connectivity index (χ3v) is 3.14. The Kier molecular flexibility index (Phi) is 5.10. The highest BCUT2D eigenvalue weighted by Gasteiger charge is 2.22. The molecule has 6 heteroatoms. The van der Waals surface area contributed by atoms with Crippen molar-refractivity contribution >= 4 is 0 Å².